The Morgan fingerprint density at radius 1 is 1.31 bits per heavy atom. The van der Waals surface area contributed by atoms with E-state index >= 15 is 0 Å². The van der Waals surface area contributed by atoms with Crippen LogP contribution in [0.15, 0.2) is 23.1 Å². The Balaban J connectivity index is 1.89. The summed E-state index contributed by atoms with van der Waals surface area (Å²) in [6, 6.07) is 4.92. The van der Waals surface area contributed by atoms with Gasteiger partial charge in [-0.15, -0.1) is 11.8 Å². The van der Waals surface area contributed by atoms with Crippen LogP contribution < -0.4 is 4.72 Å². The number of hydrogen-bond donors (Lipinski definition) is 1. The Morgan fingerprint density at radius 3 is 2.69 bits per heavy atom. The molecule has 0 spiro atoms. The van der Waals surface area contributed by atoms with Gasteiger partial charge in [0, 0.05) is 31.8 Å². The third-order valence-electron chi connectivity index (χ3n) is 4.30. The average molecular weight is 401 g/mol. The SMILES string of the molecule is COC(=O)[C@H]1CN(C(=O)CCNS(=O)(=O)c2ccc(C)c(C)c2)CCS1. The number of thioether (sulfide) groups is 1. The van der Waals surface area contributed by atoms with Gasteiger partial charge in [-0.3, -0.25) is 9.59 Å². The second-order valence-corrected chi connectivity index (χ2v) is 9.19. The number of carbonyl (C=O) groups excluding carboxylic acids is 2. The van der Waals surface area contributed by atoms with Gasteiger partial charge in [-0.1, -0.05) is 6.07 Å². The summed E-state index contributed by atoms with van der Waals surface area (Å²) in [5.41, 5.74) is 1.91. The molecule has 0 radical (unpaired) electrons. The summed E-state index contributed by atoms with van der Waals surface area (Å²) in [4.78, 5) is 25.7. The molecule has 1 aliphatic rings. The van der Waals surface area contributed by atoms with Crippen LogP contribution in [0.1, 0.15) is 17.5 Å². The minimum absolute atomic E-state index is 0.0145. The lowest BCUT2D eigenvalue weighted by atomic mass is 10.1. The molecular weight excluding hydrogens is 376 g/mol. The number of sulfonamides is 1. The molecule has 1 aliphatic heterocycles. The minimum Gasteiger partial charge on any atom is -0.468 e. The Bertz CT molecular complexity index is 779. The number of aryl methyl sites for hydroxylation is 2. The Labute approximate surface area is 158 Å². The molecule has 144 valence electrons. The maximum absolute atomic E-state index is 12.3. The fraction of sp³-hybridized carbons (Fsp3) is 0.529. The van der Waals surface area contributed by atoms with Gasteiger partial charge in [-0.05, 0) is 37.1 Å². The molecule has 1 aromatic rings. The summed E-state index contributed by atoms with van der Waals surface area (Å²) in [5, 5.41) is -0.384. The fourth-order valence-corrected chi connectivity index (χ4v) is 4.81. The van der Waals surface area contributed by atoms with Crippen molar-refractivity contribution in [2.24, 2.45) is 0 Å². The van der Waals surface area contributed by atoms with E-state index in [9.17, 15) is 18.0 Å². The normalized spacial score (nSPS) is 17.8. The van der Waals surface area contributed by atoms with Gasteiger partial charge in [0.15, 0.2) is 0 Å². The molecule has 0 bridgehead atoms. The first kappa shape index (κ1) is 20.7. The number of esters is 1. The van der Waals surface area contributed by atoms with Gasteiger partial charge in [-0.2, -0.15) is 0 Å². The van der Waals surface area contributed by atoms with Crippen LogP contribution in [0, 0.1) is 13.8 Å². The Kier molecular flexibility index (Phi) is 7.08. The summed E-state index contributed by atoms with van der Waals surface area (Å²) in [6.45, 7) is 4.61. The first-order chi connectivity index (χ1) is 12.2. The van der Waals surface area contributed by atoms with Gasteiger partial charge in [0.2, 0.25) is 15.9 Å². The molecule has 7 nitrogen and oxygen atoms in total. The number of amides is 1. The van der Waals surface area contributed by atoms with Gasteiger partial charge >= 0.3 is 5.97 Å². The average Bonchev–Trinajstić information content (AvgIpc) is 2.63. The minimum atomic E-state index is -3.65. The molecular formula is C17H24N2O5S2. The molecule has 0 aromatic heterocycles. The molecule has 1 N–H and O–H groups in total. The standard InChI is InChI=1S/C17H24N2O5S2/c1-12-4-5-14(10-13(12)2)26(22,23)18-7-6-16(20)19-8-9-25-15(11-19)17(21)24-3/h4-5,10,15,18H,6-9,11H2,1-3H3/t15-/m1/s1. The van der Waals surface area contributed by atoms with Crippen LogP contribution in [0.4, 0.5) is 0 Å². The molecule has 26 heavy (non-hydrogen) atoms. The molecule has 0 unspecified atom stereocenters. The molecule has 1 fully saturated rings. The van der Waals surface area contributed by atoms with Crippen LogP contribution in [0.3, 0.4) is 0 Å². The zero-order chi connectivity index (χ0) is 19.3. The Morgan fingerprint density at radius 2 is 2.04 bits per heavy atom. The van der Waals surface area contributed by atoms with Gasteiger partial charge in [0.25, 0.3) is 0 Å². The van der Waals surface area contributed by atoms with E-state index in [4.69, 9.17) is 4.74 Å². The molecule has 0 aliphatic carbocycles. The quantitative estimate of drug-likeness (QED) is 0.719. The van der Waals surface area contributed by atoms with Gasteiger partial charge < -0.3 is 9.64 Å². The van der Waals surface area contributed by atoms with Gasteiger partial charge in [-0.25, -0.2) is 13.1 Å². The number of nitrogens with one attached hydrogen (secondary N) is 1. The van der Waals surface area contributed by atoms with E-state index in [1.54, 1.807) is 23.1 Å². The predicted molar refractivity (Wildman–Crippen MR) is 101 cm³/mol. The van der Waals surface area contributed by atoms with E-state index < -0.39 is 10.0 Å². The molecule has 1 heterocycles. The van der Waals surface area contributed by atoms with Crippen molar-refractivity contribution in [2.45, 2.75) is 30.4 Å². The summed E-state index contributed by atoms with van der Waals surface area (Å²) in [6.07, 6.45) is 0.0443. The predicted octanol–water partition coefficient (Wildman–Crippen LogP) is 1.09. The highest BCUT2D eigenvalue weighted by atomic mass is 32.2. The summed E-state index contributed by atoms with van der Waals surface area (Å²) in [7, 11) is -2.33. The van der Waals surface area contributed by atoms with Crippen LogP contribution in [0.2, 0.25) is 0 Å². The lowest BCUT2D eigenvalue weighted by Crippen LogP contribution is -2.45. The lowest BCUT2D eigenvalue weighted by molar-refractivity contribution is -0.141. The summed E-state index contributed by atoms with van der Waals surface area (Å²) < 4.78 is 31.9. The fourth-order valence-electron chi connectivity index (χ4n) is 2.56. The molecule has 9 heteroatoms. The zero-order valence-corrected chi connectivity index (χ0v) is 16.8. The number of hydrogen-bond acceptors (Lipinski definition) is 6. The summed E-state index contributed by atoms with van der Waals surface area (Å²) >= 11 is 1.46. The van der Waals surface area contributed by atoms with Crippen molar-refractivity contribution < 1.29 is 22.7 Å². The number of ether oxygens (including phenoxy) is 1. The number of rotatable bonds is 6. The number of nitrogens with zero attached hydrogens (tertiary/aromatic N) is 1. The van der Waals surface area contributed by atoms with E-state index in [0.717, 1.165) is 11.1 Å². The van der Waals surface area contributed by atoms with E-state index in [-0.39, 0.29) is 35.0 Å². The van der Waals surface area contributed by atoms with Crippen LogP contribution >= 0.6 is 11.8 Å². The van der Waals surface area contributed by atoms with Crippen LogP contribution in [0.5, 0.6) is 0 Å². The van der Waals surface area contributed by atoms with E-state index in [0.29, 0.717) is 18.8 Å². The molecule has 1 saturated heterocycles. The van der Waals surface area contributed by atoms with Crippen LogP contribution in [0.25, 0.3) is 0 Å². The third-order valence-corrected chi connectivity index (χ3v) is 6.92. The molecule has 1 amide bonds. The van der Waals surface area contributed by atoms with Crippen molar-refractivity contribution in [1.29, 1.82) is 0 Å². The number of methoxy groups -OCH3 is 1. The largest absolute Gasteiger partial charge is 0.468 e. The van der Waals surface area contributed by atoms with E-state index in [2.05, 4.69) is 4.72 Å². The monoisotopic (exact) mass is 400 g/mol. The van der Waals surface area contributed by atoms with Crippen molar-refractivity contribution >= 4 is 33.7 Å². The third kappa shape index (κ3) is 5.21. The summed E-state index contributed by atoms with van der Waals surface area (Å²) in [5.74, 6) is 0.129. The first-order valence-corrected chi connectivity index (χ1v) is 10.8. The van der Waals surface area contributed by atoms with Crippen LogP contribution in [-0.4, -0.2) is 62.9 Å². The van der Waals surface area contributed by atoms with Crippen molar-refractivity contribution in [1.82, 2.24) is 9.62 Å². The molecule has 1 aromatic carbocycles. The molecule has 1 atom stereocenters. The maximum atomic E-state index is 12.3. The van der Waals surface area contributed by atoms with Gasteiger partial charge in [0.05, 0.1) is 12.0 Å². The van der Waals surface area contributed by atoms with E-state index in [1.807, 2.05) is 13.8 Å². The maximum Gasteiger partial charge on any atom is 0.320 e. The zero-order valence-electron chi connectivity index (χ0n) is 15.1. The lowest BCUT2D eigenvalue weighted by Gasteiger charge is -2.31. The van der Waals surface area contributed by atoms with E-state index in [1.165, 1.54) is 18.9 Å². The highest BCUT2D eigenvalue weighted by molar-refractivity contribution is 8.00. The highest BCUT2D eigenvalue weighted by Crippen LogP contribution is 2.20. The topological polar surface area (TPSA) is 92.8 Å². The van der Waals surface area contributed by atoms with Crippen molar-refractivity contribution in [3.05, 3.63) is 29.3 Å². The van der Waals surface area contributed by atoms with Crippen molar-refractivity contribution in [3.8, 4) is 0 Å². The van der Waals surface area contributed by atoms with Gasteiger partial charge in [0.1, 0.15) is 5.25 Å². The smallest absolute Gasteiger partial charge is 0.320 e. The molecule has 0 saturated carbocycles. The van der Waals surface area contributed by atoms with Crippen LogP contribution in [-0.2, 0) is 24.3 Å². The second-order valence-electron chi connectivity index (χ2n) is 6.12. The number of benzene rings is 1. The van der Waals surface area contributed by atoms with Crippen molar-refractivity contribution in [3.63, 3.8) is 0 Å². The first-order valence-electron chi connectivity index (χ1n) is 8.28. The highest BCUT2D eigenvalue weighted by Gasteiger charge is 2.29. The van der Waals surface area contributed by atoms with Crippen molar-refractivity contribution in [2.75, 3.05) is 32.5 Å². The molecule has 2 rings (SSSR count). The Hall–Kier alpha value is -1.58. The number of carbonyl (C=O) groups is 2. The second kappa shape index (κ2) is 8.88.